The van der Waals surface area contributed by atoms with E-state index < -0.39 is 23.8 Å². The van der Waals surface area contributed by atoms with E-state index in [-0.39, 0.29) is 5.92 Å². The van der Waals surface area contributed by atoms with Gasteiger partial charge in [0.25, 0.3) is 5.91 Å². The van der Waals surface area contributed by atoms with Gasteiger partial charge in [-0.25, -0.2) is 0 Å². The average Bonchev–Trinajstić information content (AvgIpc) is 2.43. The highest BCUT2D eigenvalue weighted by atomic mass is 16.5. The van der Waals surface area contributed by atoms with Crippen molar-refractivity contribution in [2.75, 3.05) is 0 Å². The fourth-order valence-corrected chi connectivity index (χ4v) is 1.79. The van der Waals surface area contributed by atoms with Crippen molar-refractivity contribution >= 4 is 17.8 Å². The van der Waals surface area contributed by atoms with Crippen molar-refractivity contribution in [3.8, 4) is 5.75 Å². The first-order valence-corrected chi connectivity index (χ1v) is 6.73. The van der Waals surface area contributed by atoms with Gasteiger partial charge in [0.15, 0.2) is 0 Å². The SMILES string of the molecule is CC[C@H](C)[C@H](NC(=O)c1ccc(OC(C)=O)cc1)C(N)=O. The quantitative estimate of drug-likeness (QED) is 0.608. The summed E-state index contributed by atoms with van der Waals surface area (Å²) in [4.78, 5) is 34.3. The van der Waals surface area contributed by atoms with Crippen LogP contribution in [0.4, 0.5) is 0 Å². The second-order valence-electron chi connectivity index (χ2n) is 4.86. The lowest BCUT2D eigenvalue weighted by molar-refractivity contribution is -0.131. The Morgan fingerprint density at radius 1 is 1.24 bits per heavy atom. The number of rotatable bonds is 6. The number of amides is 2. The van der Waals surface area contributed by atoms with Crippen LogP contribution in [0.15, 0.2) is 24.3 Å². The van der Waals surface area contributed by atoms with Crippen LogP contribution < -0.4 is 15.8 Å². The van der Waals surface area contributed by atoms with Crippen LogP contribution in [0.25, 0.3) is 0 Å². The summed E-state index contributed by atoms with van der Waals surface area (Å²) in [6.07, 6.45) is 0.722. The van der Waals surface area contributed by atoms with Gasteiger partial charge in [0.1, 0.15) is 11.8 Å². The molecule has 6 nitrogen and oxygen atoms in total. The first-order chi connectivity index (χ1) is 9.85. The fraction of sp³-hybridized carbons (Fsp3) is 0.400. The number of hydrogen-bond acceptors (Lipinski definition) is 4. The Labute approximate surface area is 123 Å². The van der Waals surface area contributed by atoms with E-state index in [4.69, 9.17) is 10.5 Å². The molecule has 6 heteroatoms. The molecule has 0 aliphatic heterocycles. The minimum atomic E-state index is -0.712. The van der Waals surface area contributed by atoms with Crippen LogP contribution >= 0.6 is 0 Å². The van der Waals surface area contributed by atoms with Crippen LogP contribution in [-0.4, -0.2) is 23.8 Å². The first kappa shape index (κ1) is 16.7. The predicted molar refractivity (Wildman–Crippen MR) is 77.7 cm³/mol. The van der Waals surface area contributed by atoms with E-state index in [0.29, 0.717) is 11.3 Å². The van der Waals surface area contributed by atoms with Gasteiger partial charge in [-0.3, -0.25) is 14.4 Å². The smallest absolute Gasteiger partial charge is 0.308 e. The zero-order chi connectivity index (χ0) is 16.0. The van der Waals surface area contributed by atoms with Crippen molar-refractivity contribution < 1.29 is 19.1 Å². The molecule has 2 atom stereocenters. The third-order valence-electron chi connectivity index (χ3n) is 3.18. The van der Waals surface area contributed by atoms with Gasteiger partial charge in [-0.1, -0.05) is 20.3 Å². The summed E-state index contributed by atoms with van der Waals surface area (Å²) in [5.74, 6) is -1.08. The number of primary amides is 1. The molecule has 114 valence electrons. The van der Waals surface area contributed by atoms with Crippen LogP contribution in [0.1, 0.15) is 37.6 Å². The number of benzene rings is 1. The predicted octanol–water partition coefficient (Wildman–Crippen LogP) is 1.24. The number of ether oxygens (including phenoxy) is 1. The summed E-state index contributed by atoms with van der Waals surface area (Å²) >= 11 is 0. The maximum atomic E-state index is 12.1. The molecular formula is C15H20N2O4. The molecule has 0 spiro atoms. The van der Waals surface area contributed by atoms with Gasteiger partial charge in [0, 0.05) is 12.5 Å². The van der Waals surface area contributed by atoms with Gasteiger partial charge in [-0.05, 0) is 30.2 Å². The third kappa shape index (κ3) is 4.91. The summed E-state index contributed by atoms with van der Waals surface area (Å²) in [7, 11) is 0. The van der Waals surface area contributed by atoms with Gasteiger partial charge < -0.3 is 15.8 Å². The summed E-state index contributed by atoms with van der Waals surface area (Å²) in [5.41, 5.74) is 5.67. The highest BCUT2D eigenvalue weighted by Crippen LogP contribution is 2.13. The minimum absolute atomic E-state index is 0.0493. The molecule has 0 radical (unpaired) electrons. The standard InChI is InChI=1S/C15H20N2O4/c1-4-9(2)13(14(16)19)17-15(20)11-5-7-12(8-6-11)21-10(3)18/h5-9,13H,4H2,1-3H3,(H2,16,19)(H,17,20)/t9-,13-/m0/s1. The third-order valence-corrected chi connectivity index (χ3v) is 3.18. The number of carbonyl (C=O) groups excluding carboxylic acids is 3. The van der Waals surface area contributed by atoms with Gasteiger partial charge in [0.05, 0.1) is 0 Å². The monoisotopic (exact) mass is 292 g/mol. The van der Waals surface area contributed by atoms with Crippen molar-refractivity contribution in [3.63, 3.8) is 0 Å². The highest BCUT2D eigenvalue weighted by molar-refractivity contribution is 5.97. The number of nitrogens with one attached hydrogen (secondary N) is 1. The van der Waals surface area contributed by atoms with Crippen LogP contribution in [0.3, 0.4) is 0 Å². The molecule has 3 N–H and O–H groups in total. The zero-order valence-electron chi connectivity index (χ0n) is 12.4. The Balaban J connectivity index is 2.78. The van der Waals surface area contributed by atoms with E-state index in [9.17, 15) is 14.4 Å². The van der Waals surface area contributed by atoms with Gasteiger partial charge in [-0.2, -0.15) is 0 Å². The average molecular weight is 292 g/mol. The maximum Gasteiger partial charge on any atom is 0.308 e. The van der Waals surface area contributed by atoms with E-state index in [2.05, 4.69) is 5.32 Å². The van der Waals surface area contributed by atoms with Crippen LogP contribution in [-0.2, 0) is 9.59 Å². The van der Waals surface area contributed by atoms with Gasteiger partial charge in [-0.15, -0.1) is 0 Å². The summed E-state index contributed by atoms with van der Waals surface area (Å²) in [5, 5.41) is 2.62. The summed E-state index contributed by atoms with van der Waals surface area (Å²) in [6, 6.07) is 5.35. The molecule has 0 unspecified atom stereocenters. The maximum absolute atomic E-state index is 12.1. The van der Waals surface area contributed by atoms with Crippen LogP contribution in [0.5, 0.6) is 5.75 Å². The van der Waals surface area contributed by atoms with Crippen LogP contribution in [0, 0.1) is 5.92 Å². The molecule has 21 heavy (non-hydrogen) atoms. The normalized spacial score (nSPS) is 13.1. The van der Waals surface area contributed by atoms with Crippen molar-refractivity contribution in [1.29, 1.82) is 0 Å². The van der Waals surface area contributed by atoms with E-state index in [1.165, 1.54) is 31.2 Å². The van der Waals surface area contributed by atoms with E-state index >= 15 is 0 Å². The van der Waals surface area contributed by atoms with Crippen molar-refractivity contribution in [2.45, 2.75) is 33.2 Å². The lowest BCUT2D eigenvalue weighted by Gasteiger charge is -2.21. The molecule has 0 heterocycles. The molecule has 1 aromatic carbocycles. The molecule has 0 saturated carbocycles. The Hall–Kier alpha value is -2.37. The molecular weight excluding hydrogens is 272 g/mol. The molecule has 0 bridgehead atoms. The second kappa shape index (κ2) is 7.42. The molecule has 1 rings (SSSR count). The van der Waals surface area contributed by atoms with Crippen molar-refractivity contribution in [1.82, 2.24) is 5.32 Å². The Kier molecular flexibility index (Phi) is 5.90. The zero-order valence-corrected chi connectivity index (χ0v) is 12.4. The minimum Gasteiger partial charge on any atom is -0.427 e. The molecule has 0 aromatic heterocycles. The van der Waals surface area contributed by atoms with E-state index in [0.717, 1.165) is 6.42 Å². The van der Waals surface area contributed by atoms with Gasteiger partial charge in [0.2, 0.25) is 5.91 Å². The Bertz CT molecular complexity index is 525. The molecule has 0 aliphatic rings. The Morgan fingerprint density at radius 3 is 2.24 bits per heavy atom. The molecule has 0 aliphatic carbocycles. The molecule has 0 saturated heterocycles. The lowest BCUT2D eigenvalue weighted by atomic mass is 9.98. The Morgan fingerprint density at radius 2 is 1.81 bits per heavy atom. The highest BCUT2D eigenvalue weighted by Gasteiger charge is 2.24. The van der Waals surface area contributed by atoms with E-state index in [1.54, 1.807) is 0 Å². The summed E-state index contributed by atoms with van der Waals surface area (Å²) in [6.45, 7) is 5.06. The fourth-order valence-electron chi connectivity index (χ4n) is 1.79. The second-order valence-corrected chi connectivity index (χ2v) is 4.86. The number of hydrogen-bond donors (Lipinski definition) is 2. The number of nitrogens with two attached hydrogens (primary N) is 1. The number of esters is 1. The lowest BCUT2D eigenvalue weighted by Crippen LogP contribution is -2.48. The van der Waals surface area contributed by atoms with Crippen molar-refractivity contribution in [3.05, 3.63) is 29.8 Å². The molecule has 1 aromatic rings. The van der Waals surface area contributed by atoms with Gasteiger partial charge >= 0.3 is 5.97 Å². The molecule has 0 fully saturated rings. The largest absolute Gasteiger partial charge is 0.427 e. The number of carbonyl (C=O) groups is 3. The first-order valence-electron chi connectivity index (χ1n) is 6.73. The summed E-state index contributed by atoms with van der Waals surface area (Å²) < 4.78 is 4.88. The topological polar surface area (TPSA) is 98.5 Å². The van der Waals surface area contributed by atoms with Crippen LogP contribution in [0.2, 0.25) is 0 Å². The van der Waals surface area contributed by atoms with E-state index in [1.807, 2.05) is 13.8 Å². The van der Waals surface area contributed by atoms with Crippen molar-refractivity contribution in [2.24, 2.45) is 11.7 Å². The molecule has 2 amide bonds.